The number of carbonyl (C=O) groups is 2. The number of anilines is 1. The van der Waals surface area contributed by atoms with Gasteiger partial charge in [-0.1, -0.05) is 0 Å². The number of nitrogens with one attached hydrogen (secondary N) is 1. The Morgan fingerprint density at radius 3 is 2.41 bits per heavy atom. The molecule has 4 rings (SSSR count). The summed E-state index contributed by atoms with van der Waals surface area (Å²) in [5.41, 5.74) is 5.84. The van der Waals surface area contributed by atoms with Gasteiger partial charge in [-0.2, -0.15) is 0 Å². The van der Waals surface area contributed by atoms with Gasteiger partial charge in [-0.05, 0) is 81.6 Å². The molecule has 8 heteroatoms. The summed E-state index contributed by atoms with van der Waals surface area (Å²) in [7, 11) is 0. The van der Waals surface area contributed by atoms with Gasteiger partial charge in [0.15, 0.2) is 0 Å². The summed E-state index contributed by atoms with van der Waals surface area (Å²) in [4.78, 5) is 29.5. The number of benzene rings is 3. The number of fused-ring (bicyclic) bond motifs is 2. The number of ether oxygens (including phenoxy) is 1. The SMILES string of the molecule is CCN=c1cc2oc3cc(NCC)c(C)cc3c(-c3cc(C(=O)O)ccc3C(=O)OCC)c-2cc1C.Cl. The van der Waals surface area contributed by atoms with Crippen LogP contribution in [0.5, 0.6) is 0 Å². The third-order valence-electron chi connectivity index (χ3n) is 6.11. The normalized spacial score (nSPS) is 11.4. The molecule has 2 aliphatic rings. The fourth-order valence-electron chi connectivity index (χ4n) is 4.47. The highest BCUT2D eigenvalue weighted by Crippen LogP contribution is 2.43. The van der Waals surface area contributed by atoms with Gasteiger partial charge in [-0.3, -0.25) is 4.99 Å². The molecule has 2 aromatic rings. The molecule has 7 nitrogen and oxygen atoms in total. The molecule has 2 N–H and O–H groups in total. The first-order chi connectivity index (χ1) is 17.3. The number of esters is 1. The van der Waals surface area contributed by atoms with E-state index in [0.29, 0.717) is 29.0 Å². The fraction of sp³-hybridized carbons (Fsp3) is 0.276. The Labute approximate surface area is 221 Å². The average molecular weight is 523 g/mol. The molecule has 0 radical (unpaired) electrons. The highest BCUT2D eigenvalue weighted by atomic mass is 35.5. The van der Waals surface area contributed by atoms with Gasteiger partial charge in [-0.15, -0.1) is 12.4 Å². The number of hydrogen-bond acceptors (Lipinski definition) is 6. The molecule has 0 fully saturated rings. The summed E-state index contributed by atoms with van der Waals surface area (Å²) in [5, 5.41) is 14.7. The van der Waals surface area contributed by atoms with Gasteiger partial charge >= 0.3 is 11.9 Å². The number of carboxylic acid groups (broad SMARTS) is 1. The van der Waals surface area contributed by atoms with Crippen molar-refractivity contribution in [1.29, 1.82) is 0 Å². The monoisotopic (exact) mass is 522 g/mol. The Balaban J connectivity index is 0.00000380. The second kappa shape index (κ2) is 11.5. The topological polar surface area (TPSA) is 101 Å². The van der Waals surface area contributed by atoms with E-state index in [1.807, 2.05) is 52.0 Å². The minimum Gasteiger partial charge on any atom is -0.478 e. The number of rotatable bonds is 7. The zero-order valence-corrected chi connectivity index (χ0v) is 22.4. The highest BCUT2D eigenvalue weighted by Gasteiger charge is 2.24. The van der Waals surface area contributed by atoms with Crippen LogP contribution >= 0.6 is 12.4 Å². The van der Waals surface area contributed by atoms with E-state index < -0.39 is 11.9 Å². The maximum atomic E-state index is 13.0. The van der Waals surface area contributed by atoms with E-state index in [2.05, 4.69) is 10.3 Å². The Morgan fingerprint density at radius 1 is 1.00 bits per heavy atom. The lowest BCUT2D eigenvalue weighted by molar-refractivity contribution is 0.0526. The van der Waals surface area contributed by atoms with E-state index in [1.165, 1.54) is 18.2 Å². The summed E-state index contributed by atoms with van der Waals surface area (Å²) in [6, 6.07) is 12.3. The van der Waals surface area contributed by atoms with Crippen molar-refractivity contribution in [1.82, 2.24) is 0 Å². The number of halogens is 1. The second-order valence-corrected chi connectivity index (χ2v) is 8.57. The Hall–Kier alpha value is -3.84. The number of carbonyl (C=O) groups excluding carboxylic acids is 1. The molecule has 2 aromatic carbocycles. The largest absolute Gasteiger partial charge is 0.478 e. The Bertz CT molecular complexity index is 1520. The zero-order chi connectivity index (χ0) is 26.0. The molecular weight excluding hydrogens is 492 g/mol. The van der Waals surface area contributed by atoms with Crippen LogP contribution in [0.25, 0.3) is 33.4 Å². The predicted octanol–water partition coefficient (Wildman–Crippen LogP) is 6.47. The lowest BCUT2D eigenvalue weighted by Gasteiger charge is -2.20. The molecule has 0 unspecified atom stereocenters. The van der Waals surface area contributed by atoms with Crippen molar-refractivity contribution in [3.05, 3.63) is 70.1 Å². The van der Waals surface area contributed by atoms with Gasteiger partial charge in [0.25, 0.3) is 0 Å². The predicted molar refractivity (Wildman–Crippen MR) is 148 cm³/mol. The van der Waals surface area contributed by atoms with E-state index in [9.17, 15) is 14.7 Å². The van der Waals surface area contributed by atoms with Crippen LogP contribution in [0.15, 0.2) is 51.9 Å². The van der Waals surface area contributed by atoms with E-state index in [1.54, 1.807) is 6.92 Å². The number of aryl methyl sites for hydroxylation is 2. The van der Waals surface area contributed by atoms with E-state index in [0.717, 1.165) is 45.2 Å². The molecule has 194 valence electrons. The maximum absolute atomic E-state index is 13.0. The molecule has 0 aromatic heterocycles. The molecule has 1 heterocycles. The van der Waals surface area contributed by atoms with Crippen LogP contribution < -0.4 is 10.7 Å². The molecule has 0 spiro atoms. The van der Waals surface area contributed by atoms with Crippen molar-refractivity contribution in [3.8, 4) is 22.5 Å². The van der Waals surface area contributed by atoms with Crippen LogP contribution in [-0.4, -0.2) is 36.7 Å². The molecular formula is C29H31ClN2O5. The van der Waals surface area contributed by atoms with Crippen molar-refractivity contribution in [3.63, 3.8) is 0 Å². The zero-order valence-electron chi connectivity index (χ0n) is 21.6. The summed E-state index contributed by atoms with van der Waals surface area (Å²) in [6.45, 7) is 11.3. The number of hydrogen-bond donors (Lipinski definition) is 2. The highest BCUT2D eigenvalue weighted by molar-refractivity contribution is 6.09. The number of nitrogens with zero attached hydrogens (tertiary/aromatic N) is 1. The number of carboxylic acids is 1. The van der Waals surface area contributed by atoms with E-state index >= 15 is 0 Å². The first-order valence-electron chi connectivity index (χ1n) is 12.1. The Morgan fingerprint density at radius 2 is 1.76 bits per heavy atom. The van der Waals surface area contributed by atoms with Crippen molar-refractivity contribution in [2.45, 2.75) is 34.6 Å². The smallest absolute Gasteiger partial charge is 0.338 e. The van der Waals surface area contributed by atoms with Crippen LogP contribution in [0.3, 0.4) is 0 Å². The minimum atomic E-state index is -1.08. The van der Waals surface area contributed by atoms with Crippen molar-refractivity contribution in [2.75, 3.05) is 25.0 Å². The lowest BCUT2D eigenvalue weighted by Crippen LogP contribution is -2.11. The molecule has 1 aliphatic carbocycles. The van der Waals surface area contributed by atoms with Gasteiger partial charge in [0, 0.05) is 47.4 Å². The molecule has 0 saturated carbocycles. The molecule has 1 aliphatic heterocycles. The summed E-state index contributed by atoms with van der Waals surface area (Å²) in [6.07, 6.45) is 0. The lowest BCUT2D eigenvalue weighted by atomic mass is 9.88. The summed E-state index contributed by atoms with van der Waals surface area (Å²) in [5.74, 6) is -0.995. The quantitative estimate of drug-likeness (QED) is 0.213. The molecule has 0 saturated heterocycles. The van der Waals surface area contributed by atoms with Gasteiger partial charge in [0.2, 0.25) is 0 Å². The minimum absolute atomic E-state index is 0. The molecule has 0 amide bonds. The third-order valence-corrected chi connectivity index (χ3v) is 6.11. The standard InChI is InChI=1S/C29H30N2O5.ClH/c1-6-30-23-14-25-21(11-16(23)4)27(22-12-17(5)24(31-7-2)15-26(22)36-25)20-13-18(28(32)33)9-10-19(20)29(34)35-8-3;/h9-15,30H,6-8H2,1-5H3,(H,32,33);1H. The maximum Gasteiger partial charge on any atom is 0.338 e. The fourth-order valence-corrected chi connectivity index (χ4v) is 4.47. The van der Waals surface area contributed by atoms with Gasteiger partial charge in [0.1, 0.15) is 11.3 Å². The van der Waals surface area contributed by atoms with Crippen LogP contribution in [0.2, 0.25) is 0 Å². The van der Waals surface area contributed by atoms with Crippen molar-refractivity contribution in [2.24, 2.45) is 4.99 Å². The van der Waals surface area contributed by atoms with Crippen molar-refractivity contribution >= 4 is 41.0 Å². The van der Waals surface area contributed by atoms with Crippen LogP contribution in [0.1, 0.15) is 52.6 Å². The van der Waals surface area contributed by atoms with E-state index in [-0.39, 0.29) is 24.6 Å². The third kappa shape index (κ3) is 5.32. The second-order valence-electron chi connectivity index (χ2n) is 8.57. The average Bonchev–Trinajstić information content (AvgIpc) is 2.84. The van der Waals surface area contributed by atoms with Crippen LogP contribution in [-0.2, 0) is 4.74 Å². The van der Waals surface area contributed by atoms with Gasteiger partial charge in [0.05, 0.1) is 23.1 Å². The molecule has 0 bridgehead atoms. The Kier molecular flexibility index (Phi) is 8.61. The van der Waals surface area contributed by atoms with Gasteiger partial charge < -0.3 is 19.6 Å². The summed E-state index contributed by atoms with van der Waals surface area (Å²) >= 11 is 0. The van der Waals surface area contributed by atoms with E-state index in [4.69, 9.17) is 9.15 Å². The van der Waals surface area contributed by atoms with Crippen LogP contribution in [0, 0.1) is 13.8 Å². The number of aromatic carboxylic acids is 1. The first kappa shape index (κ1) is 27.7. The molecule has 37 heavy (non-hydrogen) atoms. The van der Waals surface area contributed by atoms with Crippen LogP contribution in [0.4, 0.5) is 5.69 Å². The van der Waals surface area contributed by atoms with Crippen molar-refractivity contribution < 1.29 is 23.8 Å². The first-order valence-corrected chi connectivity index (χ1v) is 12.1. The summed E-state index contributed by atoms with van der Waals surface area (Å²) < 4.78 is 11.7. The molecule has 0 atom stereocenters. The van der Waals surface area contributed by atoms with Gasteiger partial charge in [-0.25, -0.2) is 9.59 Å².